The molecular weight excluding hydrogens is 245 g/mol. The quantitative estimate of drug-likeness (QED) is 0.899. The Labute approximate surface area is 111 Å². The predicted molar refractivity (Wildman–Crippen MR) is 71.7 cm³/mol. The maximum Gasteiger partial charge on any atom is 0.144 e. The zero-order valence-corrected chi connectivity index (χ0v) is 11.0. The van der Waals surface area contributed by atoms with E-state index in [2.05, 4.69) is 15.3 Å². The highest BCUT2D eigenvalue weighted by atomic mass is 19.1. The minimum absolute atomic E-state index is 0.268. The molecule has 0 fully saturated rings. The number of benzene rings is 1. The summed E-state index contributed by atoms with van der Waals surface area (Å²) >= 11 is 0. The van der Waals surface area contributed by atoms with Crippen molar-refractivity contribution in [3.8, 4) is 5.75 Å². The number of nitrogens with zero attached hydrogens (tertiary/aromatic N) is 2. The van der Waals surface area contributed by atoms with Crippen molar-refractivity contribution in [3.05, 3.63) is 47.7 Å². The van der Waals surface area contributed by atoms with Gasteiger partial charge in [0, 0.05) is 12.6 Å². The van der Waals surface area contributed by atoms with Crippen LogP contribution in [-0.2, 0) is 6.61 Å². The molecule has 0 aliphatic heterocycles. The summed E-state index contributed by atoms with van der Waals surface area (Å²) in [5.41, 5.74) is 1.59. The first-order chi connectivity index (χ1) is 9.19. The van der Waals surface area contributed by atoms with Crippen molar-refractivity contribution in [3.63, 3.8) is 0 Å². The first kappa shape index (κ1) is 13.3. The van der Waals surface area contributed by atoms with Gasteiger partial charge in [-0.1, -0.05) is 6.07 Å². The van der Waals surface area contributed by atoms with Crippen LogP contribution in [0.25, 0.3) is 0 Å². The molecule has 100 valence electrons. The lowest BCUT2D eigenvalue weighted by atomic mass is 10.2. The van der Waals surface area contributed by atoms with E-state index in [0.29, 0.717) is 11.4 Å². The number of ether oxygens (including phenoxy) is 1. The molecule has 1 aromatic heterocycles. The zero-order valence-electron chi connectivity index (χ0n) is 11.0. The molecule has 0 bridgehead atoms. The van der Waals surface area contributed by atoms with Crippen molar-refractivity contribution in [2.75, 3.05) is 11.9 Å². The lowest BCUT2D eigenvalue weighted by Crippen LogP contribution is -2.04. The summed E-state index contributed by atoms with van der Waals surface area (Å²) in [5, 5.41) is 3.06. The van der Waals surface area contributed by atoms with Crippen molar-refractivity contribution in [2.45, 2.75) is 20.5 Å². The first-order valence-electron chi connectivity index (χ1n) is 6.12. The van der Waals surface area contributed by atoms with Gasteiger partial charge >= 0.3 is 0 Å². The van der Waals surface area contributed by atoms with Crippen molar-refractivity contribution < 1.29 is 9.13 Å². The average molecular weight is 261 g/mol. The highest BCUT2D eigenvalue weighted by molar-refractivity contribution is 5.33. The van der Waals surface area contributed by atoms with Gasteiger partial charge in [-0.05, 0) is 25.5 Å². The van der Waals surface area contributed by atoms with E-state index in [0.717, 1.165) is 17.9 Å². The van der Waals surface area contributed by atoms with Gasteiger partial charge in [-0.15, -0.1) is 0 Å². The third kappa shape index (κ3) is 3.64. The summed E-state index contributed by atoms with van der Waals surface area (Å²) in [6, 6.07) is 4.47. The molecule has 0 saturated carbocycles. The molecule has 0 amide bonds. The third-order valence-corrected chi connectivity index (χ3v) is 2.59. The number of halogens is 1. The smallest absolute Gasteiger partial charge is 0.144 e. The largest absolute Gasteiger partial charge is 0.487 e. The second-order valence-electron chi connectivity index (χ2n) is 4.12. The molecule has 0 spiro atoms. The highest BCUT2D eigenvalue weighted by Crippen LogP contribution is 2.19. The van der Waals surface area contributed by atoms with E-state index in [1.807, 2.05) is 13.8 Å². The van der Waals surface area contributed by atoms with Gasteiger partial charge in [0.05, 0.1) is 18.1 Å². The van der Waals surface area contributed by atoms with Crippen molar-refractivity contribution >= 4 is 5.82 Å². The summed E-state index contributed by atoms with van der Waals surface area (Å²) in [4.78, 5) is 8.41. The van der Waals surface area contributed by atoms with Crippen molar-refractivity contribution in [2.24, 2.45) is 0 Å². The molecular formula is C14H16FN3O. The summed E-state index contributed by atoms with van der Waals surface area (Å²) in [7, 11) is 0. The summed E-state index contributed by atoms with van der Waals surface area (Å²) in [5.74, 6) is 0.944. The second-order valence-corrected chi connectivity index (χ2v) is 4.12. The Balaban J connectivity index is 2.00. The Kier molecular flexibility index (Phi) is 4.28. The lowest BCUT2D eigenvalue weighted by molar-refractivity contribution is 0.297. The molecule has 2 aromatic rings. The van der Waals surface area contributed by atoms with Crippen LogP contribution in [0.15, 0.2) is 30.6 Å². The lowest BCUT2D eigenvalue weighted by Gasteiger charge is -2.09. The normalized spacial score (nSPS) is 10.3. The first-order valence-corrected chi connectivity index (χ1v) is 6.12. The molecule has 1 aromatic carbocycles. The molecule has 5 heteroatoms. The predicted octanol–water partition coefficient (Wildman–Crippen LogP) is 2.93. The summed E-state index contributed by atoms with van der Waals surface area (Å²) in [6.07, 6.45) is 3.30. The molecule has 0 radical (unpaired) electrons. The minimum Gasteiger partial charge on any atom is -0.487 e. The van der Waals surface area contributed by atoms with E-state index < -0.39 is 0 Å². The molecule has 0 aliphatic carbocycles. The monoisotopic (exact) mass is 261 g/mol. The van der Waals surface area contributed by atoms with Crippen LogP contribution in [0.5, 0.6) is 5.75 Å². The average Bonchev–Trinajstić information content (AvgIpc) is 2.42. The van der Waals surface area contributed by atoms with Crippen LogP contribution in [-0.4, -0.2) is 16.5 Å². The summed E-state index contributed by atoms with van der Waals surface area (Å²) < 4.78 is 18.6. The standard InChI is InChI=1S/C14H16FN3O/c1-3-16-14-8-17-12(7-18-14)9-19-13-6-11(15)5-4-10(13)2/h4-8H,3,9H2,1-2H3,(H,16,18). The van der Waals surface area contributed by atoms with E-state index in [4.69, 9.17) is 4.74 Å². The Morgan fingerprint density at radius 2 is 2.11 bits per heavy atom. The fourth-order valence-electron chi connectivity index (χ4n) is 1.58. The van der Waals surface area contributed by atoms with Gasteiger partial charge in [0.1, 0.15) is 24.0 Å². The van der Waals surface area contributed by atoms with Crippen LogP contribution in [0, 0.1) is 12.7 Å². The van der Waals surface area contributed by atoms with Gasteiger partial charge in [-0.3, -0.25) is 4.98 Å². The Morgan fingerprint density at radius 1 is 1.26 bits per heavy atom. The fourth-order valence-corrected chi connectivity index (χ4v) is 1.58. The zero-order chi connectivity index (χ0) is 13.7. The van der Waals surface area contributed by atoms with Gasteiger partial charge in [0.15, 0.2) is 0 Å². The van der Waals surface area contributed by atoms with Gasteiger partial charge in [0.25, 0.3) is 0 Å². The molecule has 1 heterocycles. The molecule has 0 saturated heterocycles. The third-order valence-electron chi connectivity index (χ3n) is 2.59. The number of nitrogens with one attached hydrogen (secondary N) is 1. The molecule has 0 unspecified atom stereocenters. The molecule has 1 N–H and O–H groups in total. The number of rotatable bonds is 5. The molecule has 19 heavy (non-hydrogen) atoms. The van der Waals surface area contributed by atoms with E-state index >= 15 is 0 Å². The van der Waals surface area contributed by atoms with Crippen LogP contribution >= 0.6 is 0 Å². The van der Waals surface area contributed by atoms with Crippen LogP contribution in [0.4, 0.5) is 10.2 Å². The highest BCUT2D eigenvalue weighted by Gasteiger charge is 2.03. The van der Waals surface area contributed by atoms with E-state index in [-0.39, 0.29) is 12.4 Å². The Hall–Kier alpha value is -2.17. The van der Waals surface area contributed by atoms with Gasteiger partial charge in [-0.2, -0.15) is 0 Å². The maximum absolute atomic E-state index is 13.1. The van der Waals surface area contributed by atoms with Crippen LogP contribution < -0.4 is 10.1 Å². The number of hydrogen-bond donors (Lipinski definition) is 1. The number of aryl methyl sites for hydroxylation is 1. The molecule has 0 atom stereocenters. The van der Waals surface area contributed by atoms with Crippen LogP contribution in [0.2, 0.25) is 0 Å². The molecule has 0 aliphatic rings. The van der Waals surface area contributed by atoms with Crippen LogP contribution in [0.3, 0.4) is 0 Å². The molecule has 4 nitrogen and oxygen atoms in total. The van der Waals surface area contributed by atoms with E-state index in [9.17, 15) is 4.39 Å². The second kappa shape index (κ2) is 6.13. The van der Waals surface area contributed by atoms with E-state index in [1.165, 1.54) is 12.1 Å². The summed E-state index contributed by atoms with van der Waals surface area (Å²) in [6.45, 7) is 4.93. The maximum atomic E-state index is 13.1. The number of hydrogen-bond acceptors (Lipinski definition) is 4. The van der Waals surface area contributed by atoms with Crippen molar-refractivity contribution in [1.29, 1.82) is 0 Å². The number of aromatic nitrogens is 2. The Morgan fingerprint density at radius 3 is 2.79 bits per heavy atom. The Bertz CT molecular complexity index is 543. The topological polar surface area (TPSA) is 47.0 Å². The minimum atomic E-state index is -0.311. The molecule has 2 rings (SSSR count). The van der Waals surface area contributed by atoms with Crippen LogP contribution in [0.1, 0.15) is 18.2 Å². The van der Waals surface area contributed by atoms with Gasteiger partial charge in [0.2, 0.25) is 0 Å². The number of anilines is 1. The van der Waals surface area contributed by atoms with Gasteiger partial charge < -0.3 is 10.1 Å². The fraction of sp³-hybridized carbons (Fsp3) is 0.286. The van der Waals surface area contributed by atoms with Crippen molar-refractivity contribution in [1.82, 2.24) is 9.97 Å². The van der Waals surface area contributed by atoms with E-state index in [1.54, 1.807) is 18.5 Å². The van der Waals surface area contributed by atoms with Gasteiger partial charge in [-0.25, -0.2) is 9.37 Å². The SMILES string of the molecule is CCNc1cnc(COc2cc(F)ccc2C)cn1.